The van der Waals surface area contributed by atoms with E-state index in [1.807, 2.05) is 19.9 Å². The van der Waals surface area contributed by atoms with Gasteiger partial charge in [-0.1, -0.05) is 32.0 Å². The van der Waals surface area contributed by atoms with Crippen molar-refractivity contribution in [1.29, 1.82) is 0 Å². The molecule has 1 aromatic carbocycles. The van der Waals surface area contributed by atoms with Gasteiger partial charge in [-0.2, -0.15) is 0 Å². The molecule has 3 nitrogen and oxygen atoms in total. The van der Waals surface area contributed by atoms with Crippen LogP contribution >= 0.6 is 0 Å². The third-order valence-corrected chi connectivity index (χ3v) is 2.38. The maximum Gasteiger partial charge on any atom is 0.251 e. The summed E-state index contributed by atoms with van der Waals surface area (Å²) in [5.74, 6) is -0.225. The van der Waals surface area contributed by atoms with Crippen molar-refractivity contribution in [3.05, 3.63) is 35.9 Å². The molecule has 0 bridgehead atoms. The topological polar surface area (TPSA) is 46.2 Å². The Labute approximate surface area is 95.9 Å². The maximum atomic E-state index is 11.7. The van der Waals surface area contributed by atoms with Crippen LogP contribution in [0.1, 0.15) is 31.1 Å². The molecule has 0 aliphatic heterocycles. The number of hydrogen-bond donors (Lipinski definition) is 1. The fourth-order valence-electron chi connectivity index (χ4n) is 1.44. The summed E-state index contributed by atoms with van der Waals surface area (Å²) in [6, 6.07) is 8.45. The summed E-state index contributed by atoms with van der Waals surface area (Å²) in [5, 5.41) is 2.69. The van der Waals surface area contributed by atoms with Gasteiger partial charge in [0.2, 0.25) is 0 Å². The molecule has 1 atom stereocenters. The van der Waals surface area contributed by atoms with Gasteiger partial charge in [0.15, 0.2) is 5.78 Å². The fraction of sp³-hybridized carbons (Fsp3) is 0.385. The van der Waals surface area contributed by atoms with E-state index in [1.54, 1.807) is 31.2 Å². The van der Waals surface area contributed by atoms with Crippen LogP contribution in [0.2, 0.25) is 0 Å². The molecule has 0 saturated carbocycles. The molecule has 3 heteroatoms. The first-order chi connectivity index (χ1) is 7.52. The molecule has 0 saturated heterocycles. The van der Waals surface area contributed by atoms with Gasteiger partial charge in [0, 0.05) is 11.5 Å². The Bertz CT molecular complexity index is 371. The Hall–Kier alpha value is -1.64. The van der Waals surface area contributed by atoms with Crippen molar-refractivity contribution in [2.45, 2.75) is 26.8 Å². The Morgan fingerprint density at radius 1 is 1.06 bits per heavy atom. The number of carbonyl (C=O) groups is 2. The Morgan fingerprint density at radius 2 is 1.62 bits per heavy atom. The molecule has 0 radical (unpaired) electrons. The summed E-state index contributed by atoms with van der Waals surface area (Å²) in [6.45, 7) is 5.37. The standard InChI is InChI=1S/C13H17NO2/c1-9(2)12(15)10(3)14-13(16)11-7-5-4-6-8-11/h4-10H,1-3H3,(H,14,16). The van der Waals surface area contributed by atoms with Gasteiger partial charge in [-0.15, -0.1) is 0 Å². The largest absolute Gasteiger partial charge is 0.343 e. The molecular weight excluding hydrogens is 202 g/mol. The van der Waals surface area contributed by atoms with E-state index in [0.29, 0.717) is 5.56 Å². The van der Waals surface area contributed by atoms with E-state index in [9.17, 15) is 9.59 Å². The highest BCUT2D eigenvalue weighted by Gasteiger charge is 2.18. The number of ketones is 1. The second kappa shape index (κ2) is 5.45. The molecule has 86 valence electrons. The van der Waals surface area contributed by atoms with Crippen LogP contribution in [0.3, 0.4) is 0 Å². The van der Waals surface area contributed by atoms with E-state index in [-0.39, 0.29) is 17.6 Å². The second-order valence-electron chi connectivity index (χ2n) is 4.12. The number of rotatable bonds is 4. The van der Waals surface area contributed by atoms with Crippen molar-refractivity contribution >= 4 is 11.7 Å². The minimum absolute atomic E-state index is 0.0456. The van der Waals surface area contributed by atoms with Gasteiger partial charge < -0.3 is 5.32 Å². The van der Waals surface area contributed by atoms with Gasteiger partial charge in [0.1, 0.15) is 0 Å². The Morgan fingerprint density at radius 3 is 2.12 bits per heavy atom. The van der Waals surface area contributed by atoms with Crippen LogP contribution in [-0.2, 0) is 4.79 Å². The minimum atomic E-state index is -0.437. The lowest BCUT2D eigenvalue weighted by Crippen LogP contribution is -2.40. The molecule has 1 aromatic rings. The normalized spacial score (nSPS) is 12.2. The zero-order valence-electron chi connectivity index (χ0n) is 9.86. The van der Waals surface area contributed by atoms with Crippen molar-refractivity contribution in [2.24, 2.45) is 5.92 Å². The third-order valence-electron chi connectivity index (χ3n) is 2.38. The molecule has 0 aromatic heterocycles. The highest BCUT2D eigenvalue weighted by molar-refractivity contribution is 5.98. The molecule has 16 heavy (non-hydrogen) atoms. The van der Waals surface area contributed by atoms with Crippen molar-refractivity contribution in [2.75, 3.05) is 0 Å². The van der Waals surface area contributed by atoms with Crippen LogP contribution in [0.25, 0.3) is 0 Å². The lowest BCUT2D eigenvalue weighted by Gasteiger charge is -2.14. The fourth-order valence-corrected chi connectivity index (χ4v) is 1.44. The van der Waals surface area contributed by atoms with Crippen LogP contribution < -0.4 is 5.32 Å². The number of carbonyl (C=O) groups excluding carboxylic acids is 2. The van der Waals surface area contributed by atoms with E-state index in [1.165, 1.54) is 0 Å². The molecule has 0 fully saturated rings. The number of hydrogen-bond acceptors (Lipinski definition) is 2. The highest BCUT2D eigenvalue weighted by Crippen LogP contribution is 2.02. The number of Topliss-reactive ketones (excluding diaryl/α,β-unsaturated/α-hetero) is 1. The van der Waals surface area contributed by atoms with E-state index >= 15 is 0 Å². The SMILES string of the molecule is CC(C)C(=O)C(C)NC(=O)c1ccccc1. The summed E-state index contributed by atoms with van der Waals surface area (Å²) in [4.78, 5) is 23.3. The van der Waals surface area contributed by atoms with E-state index < -0.39 is 6.04 Å². The van der Waals surface area contributed by atoms with Gasteiger partial charge in [-0.25, -0.2) is 0 Å². The zero-order valence-corrected chi connectivity index (χ0v) is 9.86. The maximum absolute atomic E-state index is 11.7. The first-order valence-corrected chi connectivity index (χ1v) is 5.42. The van der Waals surface area contributed by atoms with Gasteiger partial charge in [-0.05, 0) is 19.1 Å². The quantitative estimate of drug-likeness (QED) is 0.842. The molecular formula is C13H17NO2. The first-order valence-electron chi connectivity index (χ1n) is 5.42. The zero-order chi connectivity index (χ0) is 12.1. The summed E-state index contributed by atoms with van der Waals surface area (Å²) >= 11 is 0. The van der Waals surface area contributed by atoms with Crippen LogP contribution in [0, 0.1) is 5.92 Å². The van der Waals surface area contributed by atoms with Crippen LogP contribution in [0.4, 0.5) is 0 Å². The third kappa shape index (κ3) is 3.19. The summed E-state index contributed by atoms with van der Waals surface area (Å²) in [6.07, 6.45) is 0. The van der Waals surface area contributed by atoms with Gasteiger partial charge in [0.05, 0.1) is 6.04 Å². The monoisotopic (exact) mass is 219 g/mol. The lowest BCUT2D eigenvalue weighted by molar-refractivity contribution is -0.123. The summed E-state index contributed by atoms with van der Waals surface area (Å²) in [7, 11) is 0. The van der Waals surface area contributed by atoms with Crippen molar-refractivity contribution in [3.8, 4) is 0 Å². The number of amides is 1. The van der Waals surface area contributed by atoms with E-state index in [0.717, 1.165) is 0 Å². The molecule has 1 unspecified atom stereocenters. The average Bonchev–Trinajstić information content (AvgIpc) is 2.28. The lowest BCUT2D eigenvalue weighted by atomic mass is 10.0. The summed E-state index contributed by atoms with van der Waals surface area (Å²) in [5.41, 5.74) is 0.575. The predicted molar refractivity (Wildman–Crippen MR) is 63.2 cm³/mol. The van der Waals surface area contributed by atoms with Gasteiger partial charge in [-0.3, -0.25) is 9.59 Å². The molecule has 0 spiro atoms. The molecule has 1 amide bonds. The average molecular weight is 219 g/mol. The molecule has 1 rings (SSSR count). The van der Waals surface area contributed by atoms with E-state index in [2.05, 4.69) is 5.32 Å². The number of nitrogens with one attached hydrogen (secondary N) is 1. The number of benzene rings is 1. The Kier molecular flexibility index (Phi) is 4.23. The first kappa shape index (κ1) is 12.4. The Balaban J connectivity index is 2.62. The molecule has 1 N–H and O–H groups in total. The molecule has 0 aliphatic rings. The second-order valence-corrected chi connectivity index (χ2v) is 4.12. The van der Waals surface area contributed by atoms with Gasteiger partial charge in [0.25, 0.3) is 5.91 Å². The molecule has 0 heterocycles. The van der Waals surface area contributed by atoms with E-state index in [4.69, 9.17) is 0 Å². The van der Waals surface area contributed by atoms with Crippen LogP contribution in [0.15, 0.2) is 30.3 Å². The van der Waals surface area contributed by atoms with Crippen molar-refractivity contribution < 1.29 is 9.59 Å². The highest BCUT2D eigenvalue weighted by atomic mass is 16.2. The predicted octanol–water partition coefficient (Wildman–Crippen LogP) is 2.03. The van der Waals surface area contributed by atoms with Crippen molar-refractivity contribution in [1.82, 2.24) is 5.32 Å². The molecule has 0 aliphatic carbocycles. The van der Waals surface area contributed by atoms with Crippen LogP contribution in [0.5, 0.6) is 0 Å². The smallest absolute Gasteiger partial charge is 0.251 e. The van der Waals surface area contributed by atoms with Crippen molar-refractivity contribution in [3.63, 3.8) is 0 Å². The van der Waals surface area contributed by atoms with Gasteiger partial charge >= 0.3 is 0 Å². The summed E-state index contributed by atoms with van der Waals surface area (Å²) < 4.78 is 0. The minimum Gasteiger partial charge on any atom is -0.343 e. The van der Waals surface area contributed by atoms with Crippen LogP contribution in [-0.4, -0.2) is 17.7 Å².